The molecule has 17 nitrogen and oxygen atoms in total. The van der Waals surface area contributed by atoms with Gasteiger partial charge in [0.05, 0.1) is 0 Å². The Morgan fingerprint density at radius 2 is 0.730 bits per heavy atom. The SMILES string of the molecule is CC.Cc1nc(N)nc(NCCCCNc2nc(N)nc(NCCCCNc3nc(N)nc(N)n3)n2)n1. The van der Waals surface area contributed by atoms with Crippen LogP contribution in [0.5, 0.6) is 0 Å². The van der Waals surface area contributed by atoms with Crippen LogP contribution in [0.25, 0.3) is 0 Å². The van der Waals surface area contributed by atoms with Crippen molar-refractivity contribution in [2.24, 2.45) is 0 Å². The lowest BCUT2D eigenvalue weighted by Crippen LogP contribution is -2.14. The zero-order chi connectivity index (χ0) is 27.0. The van der Waals surface area contributed by atoms with Gasteiger partial charge < -0.3 is 44.2 Å². The quantitative estimate of drug-likeness (QED) is 0.136. The number of nitrogens with two attached hydrogens (primary N) is 4. The first-order valence-electron chi connectivity index (χ1n) is 12.1. The molecule has 0 spiro atoms. The maximum atomic E-state index is 5.81. The Balaban J connectivity index is 0.00000235. The molecule has 0 unspecified atom stereocenters. The van der Waals surface area contributed by atoms with Crippen molar-refractivity contribution in [1.82, 2.24) is 44.9 Å². The number of rotatable bonds is 14. The molecule has 3 aromatic heterocycles. The van der Waals surface area contributed by atoms with E-state index in [0.29, 0.717) is 55.8 Å². The highest BCUT2D eigenvalue weighted by molar-refractivity contribution is 5.40. The third kappa shape index (κ3) is 11.1. The standard InChI is InChI=1S/C18H31N17.C2H6/c1-10-27-11(19)30-15(28-10)23-6-2-4-8-25-17-33-14(22)34-18(35-17)26-9-5-3-7-24-16-31-12(20)29-13(21)32-16;1-2/h2-9H2,1H3,(H3,19,23,27,28,30)(H5,20,21,24,29,31,32)(H4,22,25,26,33,34,35);1-2H3. The molecule has 0 bridgehead atoms. The fourth-order valence-electron chi connectivity index (χ4n) is 2.92. The summed E-state index contributed by atoms with van der Waals surface area (Å²) in [5.74, 6) is 2.73. The molecular formula is C20H37N17. The van der Waals surface area contributed by atoms with Gasteiger partial charge in [0.25, 0.3) is 0 Å². The number of unbranched alkanes of at least 4 members (excludes halogenated alkanes) is 2. The average molecular weight is 516 g/mol. The first-order valence-corrected chi connectivity index (χ1v) is 12.1. The Bertz CT molecular complexity index is 970. The van der Waals surface area contributed by atoms with Gasteiger partial charge in [0.1, 0.15) is 5.82 Å². The monoisotopic (exact) mass is 515 g/mol. The highest BCUT2D eigenvalue weighted by Crippen LogP contribution is 2.08. The van der Waals surface area contributed by atoms with E-state index in [1.807, 2.05) is 13.8 Å². The van der Waals surface area contributed by atoms with Crippen LogP contribution in [-0.4, -0.2) is 71.0 Å². The van der Waals surface area contributed by atoms with Crippen LogP contribution < -0.4 is 44.2 Å². The van der Waals surface area contributed by atoms with E-state index in [-0.39, 0.29) is 23.8 Å². The van der Waals surface area contributed by atoms with Crippen LogP contribution in [0, 0.1) is 6.92 Å². The average Bonchev–Trinajstić information content (AvgIpc) is 2.83. The Morgan fingerprint density at radius 3 is 1.11 bits per heavy atom. The van der Waals surface area contributed by atoms with Gasteiger partial charge in [-0.1, -0.05) is 13.8 Å². The van der Waals surface area contributed by atoms with Crippen molar-refractivity contribution in [3.8, 4) is 0 Å². The third-order valence-corrected chi connectivity index (χ3v) is 4.43. The molecule has 202 valence electrons. The van der Waals surface area contributed by atoms with Gasteiger partial charge in [-0.05, 0) is 32.6 Å². The lowest BCUT2D eigenvalue weighted by Gasteiger charge is -2.09. The number of nitrogen functional groups attached to an aromatic ring is 4. The summed E-state index contributed by atoms with van der Waals surface area (Å²) in [6.45, 7) is 8.42. The smallest absolute Gasteiger partial charge is 0.229 e. The number of aromatic nitrogens is 9. The molecule has 0 atom stereocenters. The Hall–Kier alpha value is -4.57. The number of nitrogens with zero attached hydrogens (tertiary/aromatic N) is 9. The van der Waals surface area contributed by atoms with Gasteiger partial charge in [0, 0.05) is 26.2 Å². The summed E-state index contributed by atoms with van der Waals surface area (Å²) in [7, 11) is 0. The lowest BCUT2D eigenvalue weighted by molar-refractivity contribution is 0.777. The van der Waals surface area contributed by atoms with Gasteiger partial charge in [0.2, 0.25) is 47.6 Å². The van der Waals surface area contributed by atoms with Gasteiger partial charge in [-0.25, -0.2) is 0 Å². The van der Waals surface area contributed by atoms with Crippen LogP contribution in [0.2, 0.25) is 0 Å². The van der Waals surface area contributed by atoms with Crippen LogP contribution in [0.4, 0.5) is 47.6 Å². The maximum Gasteiger partial charge on any atom is 0.229 e. The van der Waals surface area contributed by atoms with Crippen LogP contribution in [-0.2, 0) is 0 Å². The van der Waals surface area contributed by atoms with Crippen molar-refractivity contribution < 1.29 is 0 Å². The lowest BCUT2D eigenvalue weighted by atomic mass is 10.3. The molecule has 0 aliphatic carbocycles. The molecular weight excluding hydrogens is 478 g/mol. The fourth-order valence-corrected chi connectivity index (χ4v) is 2.92. The molecule has 3 heterocycles. The Kier molecular flexibility index (Phi) is 12.0. The van der Waals surface area contributed by atoms with Crippen LogP contribution in [0.3, 0.4) is 0 Å². The number of hydrogen-bond acceptors (Lipinski definition) is 17. The summed E-state index contributed by atoms with van der Waals surface area (Å²) in [6.07, 6.45) is 3.43. The molecule has 3 rings (SSSR count). The second-order valence-electron chi connectivity index (χ2n) is 7.40. The zero-order valence-electron chi connectivity index (χ0n) is 21.5. The van der Waals surface area contributed by atoms with E-state index in [1.165, 1.54) is 0 Å². The molecule has 0 aliphatic rings. The molecule has 0 radical (unpaired) electrons. The van der Waals surface area contributed by atoms with E-state index in [4.69, 9.17) is 22.9 Å². The predicted octanol–water partition coefficient (Wildman–Crippen LogP) is 0.513. The molecule has 0 fully saturated rings. The summed E-state index contributed by atoms with van der Waals surface area (Å²) < 4.78 is 0. The van der Waals surface area contributed by atoms with E-state index in [1.54, 1.807) is 6.92 Å². The predicted molar refractivity (Wildman–Crippen MR) is 146 cm³/mol. The second kappa shape index (κ2) is 15.4. The highest BCUT2D eigenvalue weighted by Gasteiger charge is 2.05. The zero-order valence-corrected chi connectivity index (χ0v) is 21.5. The molecule has 37 heavy (non-hydrogen) atoms. The maximum absolute atomic E-state index is 5.81. The highest BCUT2D eigenvalue weighted by atomic mass is 15.2. The summed E-state index contributed by atoms with van der Waals surface area (Å²) in [5.41, 5.74) is 22.5. The summed E-state index contributed by atoms with van der Waals surface area (Å²) in [6, 6.07) is 0. The van der Waals surface area contributed by atoms with Gasteiger partial charge in [0.15, 0.2) is 0 Å². The van der Waals surface area contributed by atoms with E-state index in [2.05, 4.69) is 66.1 Å². The molecule has 12 N–H and O–H groups in total. The second-order valence-corrected chi connectivity index (χ2v) is 7.40. The third-order valence-electron chi connectivity index (χ3n) is 4.43. The largest absolute Gasteiger partial charge is 0.368 e. The first-order chi connectivity index (χ1) is 17.9. The van der Waals surface area contributed by atoms with Gasteiger partial charge in [-0.2, -0.15) is 44.9 Å². The normalized spacial score (nSPS) is 10.2. The minimum atomic E-state index is 0.0791. The summed E-state index contributed by atoms with van der Waals surface area (Å²) in [5, 5.41) is 12.5. The van der Waals surface area contributed by atoms with Crippen molar-refractivity contribution in [2.45, 2.75) is 46.5 Å². The fraction of sp³-hybridized carbons (Fsp3) is 0.550. The van der Waals surface area contributed by atoms with E-state index in [0.717, 1.165) is 25.7 Å². The number of anilines is 8. The number of aryl methyl sites for hydroxylation is 1. The van der Waals surface area contributed by atoms with Crippen molar-refractivity contribution in [1.29, 1.82) is 0 Å². The van der Waals surface area contributed by atoms with Crippen molar-refractivity contribution in [2.75, 3.05) is 70.4 Å². The Morgan fingerprint density at radius 1 is 0.432 bits per heavy atom. The summed E-state index contributed by atoms with van der Waals surface area (Å²) in [4.78, 5) is 36.4. The molecule has 0 aromatic carbocycles. The first kappa shape index (κ1) is 28.7. The minimum Gasteiger partial charge on any atom is -0.368 e. The Labute approximate surface area is 215 Å². The number of hydrogen-bond donors (Lipinski definition) is 8. The van der Waals surface area contributed by atoms with Crippen LogP contribution in [0.1, 0.15) is 45.4 Å². The van der Waals surface area contributed by atoms with Gasteiger partial charge in [-0.3, -0.25) is 0 Å². The molecule has 0 amide bonds. The number of nitrogens with one attached hydrogen (secondary N) is 4. The molecule has 0 aliphatic heterocycles. The van der Waals surface area contributed by atoms with Crippen molar-refractivity contribution in [3.63, 3.8) is 0 Å². The minimum absolute atomic E-state index is 0.0791. The van der Waals surface area contributed by atoms with E-state index >= 15 is 0 Å². The van der Waals surface area contributed by atoms with Gasteiger partial charge >= 0.3 is 0 Å². The van der Waals surface area contributed by atoms with Crippen molar-refractivity contribution in [3.05, 3.63) is 5.82 Å². The van der Waals surface area contributed by atoms with Crippen LogP contribution in [0.15, 0.2) is 0 Å². The van der Waals surface area contributed by atoms with E-state index in [9.17, 15) is 0 Å². The topological polar surface area (TPSA) is 268 Å². The molecule has 0 saturated heterocycles. The summed E-state index contributed by atoms with van der Waals surface area (Å²) >= 11 is 0. The molecule has 3 aromatic rings. The molecule has 0 saturated carbocycles. The van der Waals surface area contributed by atoms with Crippen molar-refractivity contribution >= 4 is 47.6 Å². The van der Waals surface area contributed by atoms with Gasteiger partial charge in [-0.15, -0.1) is 0 Å². The van der Waals surface area contributed by atoms with Crippen LogP contribution >= 0.6 is 0 Å². The molecule has 17 heteroatoms. The van der Waals surface area contributed by atoms with E-state index < -0.39 is 0 Å².